The summed E-state index contributed by atoms with van der Waals surface area (Å²) in [7, 11) is 1.86. The van der Waals surface area contributed by atoms with Gasteiger partial charge in [-0.2, -0.15) is 5.10 Å². The Morgan fingerprint density at radius 3 is 2.73 bits per heavy atom. The molecule has 0 radical (unpaired) electrons. The molecule has 9 heteroatoms. The van der Waals surface area contributed by atoms with Gasteiger partial charge in [-0.25, -0.2) is 9.37 Å². The zero-order chi connectivity index (χ0) is 22.8. The number of Topliss-reactive ketones (excluding diaryl/α,β-unsaturated/α-hetero) is 1. The Balaban J connectivity index is 1.28. The number of carbonyl (C=O) groups is 1. The molecule has 0 saturated carbocycles. The van der Waals surface area contributed by atoms with E-state index in [1.165, 1.54) is 6.26 Å². The van der Waals surface area contributed by atoms with Gasteiger partial charge < -0.3 is 9.32 Å². The van der Waals surface area contributed by atoms with E-state index in [2.05, 4.69) is 25.0 Å². The topological polar surface area (TPSA) is 89.9 Å². The number of fused-ring (bicyclic) bond motifs is 1. The fourth-order valence-corrected chi connectivity index (χ4v) is 4.27. The molecule has 4 aromatic heterocycles. The van der Waals surface area contributed by atoms with Gasteiger partial charge in [0.25, 0.3) is 0 Å². The van der Waals surface area contributed by atoms with Crippen LogP contribution in [-0.4, -0.2) is 61.7 Å². The summed E-state index contributed by atoms with van der Waals surface area (Å²) in [6, 6.07) is 3.89. The van der Waals surface area contributed by atoms with Gasteiger partial charge in [0.1, 0.15) is 18.6 Å². The molecule has 1 fully saturated rings. The van der Waals surface area contributed by atoms with Gasteiger partial charge in [-0.05, 0) is 43.5 Å². The molecule has 1 aliphatic heterocycles. The van der Waals surface area contributed by atoms with Crippen LogP contribution in [0, 0.1) is 0 Å². The summed E-state index contributed by atoms with van der Waals surface area (Å²) < 4.78 is 19.9. The molecule has 0 amide bonds. The third-order valence-electron chi connectivity index (χ3n) is 6.15. The van der Waals surface area contributed by atoms with Crippen molar-refractivity contribution >= 4 is 16.6 Å². The first-order valence-electron chi connectivity index (χ1n) is 11.1. The number of nitrogens with zero attached hydrogens (tertiary/aromatic N) is 6. The largest absolute Gasteiger partial charge is 0.448 e. The van der Waals surface area contributed by atoms with Crippen molar-refractivity contribution in [3.8, 4) is 11.3 Å². The van der Waals surface area contributed by atoms with Crippen molar-refractivity contribution in [2.24, 2.45) is 7.05 Å². The minimum absolute atomic E-state index is 0.131. The molecule has 0 aliphatic carbocycles. The molecule has 1 saturated heterocycles. The first kappa shape index (κ1) is 21.4. The van der Waals surface area contributed by atoms with Crippen molar-refractivity contribution in [2.45, 2.75) is 25.2 Å². The molecular formula is C24H25FN6O2. The van der Waals surface area contributed by atoms with Crippen LogP contribution in [0.2, 0.25) is 0 Å². The van der Waals surface area contributed by atoms with Crippen LogP contribution in [0.25, 0.3) is 22.0 Å². The van der Waals surface area contributed by atoms with Crippen molar-refractivity contribution in [1.29, 1.82) is 0 Å². The minimum atomic E-state index is -0.327. The average Bonchev–Trinajstić information content (AvgIpc) is 3.49. The Labute approximate surface area is 190 Å². The SMILES string of the molecule is Cn1cc(-c2cc3cc(CC(=O)c4coc(C5CCN(CCF)CC5)n4)ncc3cn2)cn1. The zero-order valence-corrected chi connectivity index (χ0v) is 18.4. The Kier molecular flexibility index (Phi) is 5.95. The van der Waals surface area contributed by atoms with Crippen molar-refractivity contribution in [3.63, 3.8) is 0 Å². The second kappa shape index (κ2) is 9.19. The number of hydrogen-bond acceptors (Lipinski definition) is 7. The van der Waals surface area contributed by atoms with Crippen molar-refractivity contribution in [2.75, 3.05) is 26.3 Å². The highest BCUT2D eigenvalue weighted by Crippen LogP contribution is 2.28. The number of ketones is 1. The number of oxazole rings is 1. The van der Waals surface area contributed by atoms with E-state index in [9.17, 15) is 9.18 Å². The van der Waals surface area contributed by atoms with Gasteiger partial charge in [-0.15, -0.1) is 0 Å². The van der Waals surface area contributed by atoms with Crippen LogP contribution in [0.3, 0.4) is 0 Å². The summed E-state index contributed by atoms with van der Waals surface area (Å²) in [5.41, 5.74) is 2.74. The van der Waals surface area contributed by atoms with Gasteiger partial charge in [0.05, 0.1) is 18.3 Å². The molecule has 8 nitrogen and oxygen atoms in total. The van der Waals surface area contributed by atoms with Gasteiger partial charge in [0.2, 0.25) is 0 Å². The highest BCUT2D eigenvalue weighted by atomic mass is 19.1. The fraction of sp³-hybridized carbons (Fsp3) is 0.375. The number of aromatic nitrogens is 5. The summed E-state index contributed by atoms with van der Waals surface area (Å²) >= 11 is 0. The van der Waals surface area contributed by atoms with E-state index >= 15 is 0 Å². The van der Waals surface area contributed by atoms with E-state index in [0.717, 1.165) is 48.0 Å². The molecule has 0 atom stereocenters. The third kappa shape index (κ3) is 4.68. The van der Waals surface area contributed by atoms with E-state index in [4.69, 9.17) is 4.42 Å². The lowest BCUT2D eigenvalue weighted by Crippen LogP contribution is -2.34. The van der Waals surface area contributed by atoms with Gasteiger partial charge in [-0.1, -0.05) is 0 Å². The molecular weight excluding hydrogens is 423 g/mol. The van der Waals surface area contributed by atoms with E-state index < -0.39 is 0 Å². The monoisotopic (exact) mass is 448 g/mol. The molecule has 5 rings (SSSR count). The molecule has 170 valence electrons. The highest BCUT2D eigenvalue weighted by Gasteiger charge is 2.25. The molecule has 5 heterocycles. The number of halogens is 1. The smallest absolute Gasteiger partial charge is 0.197 e. The Bertz CT molecular complexity index is 1270. The molecule has 0 N–H and O–H groups in total. The van der Waals surface area contributed by atoms with Crippen LogP contribution >= 0.6 is 0 Å². The first-order valence-corrected chi connectivity index (χ1v) is 11.1. The molecule has 0 unspecified atom stereocenters. The van der Waals surface area contributed by atoms with Crippen LogP contribution in [0.15, 0.2) is 47.6 Å². The van der Waals surface area contributed by atoms with Crippen LogP contribution in [0.4, 0.5) is 4.39 Å². The maximum Gasteiger partial charge on any atom is 0.197 e. The predicted molar refractivity (Wildman–Crippen MR) is 121 cm³/mol. The minimum Gasteiger partial charge on any atom is -0.448 e. The van der Waals surface area contributed by atoms with Gasteiger partial charge in [0.15, 0.2) is 11.7 Å². The summed E-state index contributed by atoms with van der Waals surface area (Å²) in [6.07, 6.45) is 10.5. The molecule has 4 aromatic rings. The normalized spacial score (nSPS) is 15.3. The summed E-state index contributed by atoms with van der Waals surface area (Å²) in [6.45, 7) is 1.78. The maximum absolute atomic E-state index is 12.8. The predicted octanol–water partition coefficient (Wildman–Crippen LogP) is 3.59. The highest BCUT2D eigenvalue weighted by molar-refractivity contribution is 5.96. The lowest BCUT2D eigenvalue weighted by Gasteiger charge is -2.29. The molecule has 0 aromatic carbocycles. The average molecular weight is 449 g/mol. The Morgan fingerprint density at radius 2 is 1.97 bits per heavy atom. The first-order chi connectivity index (χ1) is 16.1. The number of hydrogen-bond donors (Lipinski definition) is 0. The molecule has 0 spiro atoms. The van der Waals surface area contributed by atoms with E-state index in [1.807, 2.05) is 25.4 Å². The molecule has 0 bridgehead atoms. The molecule has 1 aliphatic rings. The lowest BCUT2D eigenvalue weighted by atomic mass is 9.97. The van der Waals surface area contributed by atoms with Crippen LogP contribution in [0.5, 0.6) is 0 Å². The quantitative estimate of drug-likeness (QED) is 0.399. The summed E-state index contributed by atoms with van der Waals surface area (Å²) in [5.74, 6) is 0.629. The van der Waals surface area contributed by atoms with Crippen LogP contribution in [0.1, 0.15) is 40.8 Å². The maximum atomic E-state index is 12.8. The number of rotatable bonds is 7. The number of pyridine rings is 2. The van der Waals surface area contributed by atoms with Crippen molar-refractivity contribution in [1.82, 2.24) is 29.6 Å². The van der Waals surface area contributed by atoms with Crippen LogP contribution < -0.4 is 0 Å². The van der Waals surface area contributed by atoms with E-state index in [1.54, 1.807) is 23.3 Å². The number of carbonyl (C=O) groups excluding carboxylic acids is 1. The molecule has 33 heavy (non-hydrogen) atoms. The summed E-state index contributed by atoms with van der Waals surface area (Å²) in [5, 5.41) is 6.06. The zero-order valence-electron chi connectivity index (χ0n) is 18.4. The number of alkyl halides is 1. The van der Waals surface area contributed by atoms with Gasteiger partial charge in [0, 0.05) is 54.7 Å². The third-order valence-corrected chi connectivity index (χ3v) is 6.15. The second-order valence-corrected chi connectivity index (χ2v) is 8.47. The van der Waals surface area contributed by atoms with E-state index in [-0.39, 0.29) is 24.8 Å². The number of aryl methyl sites for hydroxylation is 1. The number of likely N-dealkylation sites (tertiary alicyclic amines) is 1. The standard InChI is InChI=1S/C24H25FN6O2/c1-30-14-19(13-28-30)21-9-17-8-20(26-11-18(17)12-27-21)10-23(32)22-15-33-24(29-22)16-2-5-31(6-3-16)7-4-25/h8-9,11-16H,2-7,10H2,1H3. The Hall–Kier alpha value is -3.46. The lowest BCUT2D eigenvalue weighted by molar-refractivity contribution is 0.0987. The number of piperidine rings is 1. The van der Waals surface area contributed by atoms with Crippen molar-refractivity contribution < 1.29 is 13.6 Å². The van der Waals surface area contributed by atoms with E-state index in [0.29, 0.717) is 23.8 Å². The Morgan fingerprint density at radius 1 is 1.15 bits per heavy atom. The fourth-order valence-electron chi connectivity index (χ4n) is 4.27. The van der Waals surface area contributed by atoms with Gasteiger partial charge >= 0.3 is 0 Å². The summed E-state index contributed by atoms with van der Waals surface area (Å²) in [4.78, 5) is 28.3. The second-order valence-electron chi connectivity index (χ2n) is 8.47. The van der Waals surface area contributed by atoms with Gasteiger partial charge in [-0.3, -0.25) is 19.4 Å². The van der Waals surface area contributed by atoms with Crippen LogP contribution in [-0.2, 0) is 13.5 Å². The van der Waals surface area contributed by atoms with Crippen molar-refractivity contribution in [3.05, 3.63) is 60.5 Å².